The van der Waals surface area contributed by atoms with Gasteiger partial charge in [0.05, 0.1) is 12.6 Å². The van der Waals surface area contributed by atoms with E-state index in [1.807, 2.05) is 6.07 Å². The van der Waals surface area contributed by atoms with E-state index in [-0.39, 0.29) is 0 Å². The highest BCUT2D eigenvalue weighted by molar-refractivity contribution is 7.99. The average molecular weight is 485 g/mol. The minimum atomic E-state index is -0.798. The molecule has 0 bridgehead atoms. The SMILES string of the molecule is Fc1ccc(CN2CCC(c3nnc(SCC4CCCO4)n3Cc3ccccc3)CC2)cc1F. The number of ether oxygens (including phenoxy) is 1. The summed E-state index contributed by atoms with van der Waals surface area (Å²) < 4.78 is 34.9. The van der Waals surface area contributed by atoms with Gasteiger partial charge in [-0.2, -0.15) is 0 Å². The highest BCUT2D eigenvalue weighted by atomic mass is 32.2. The lowest BCUT2D eigenvalue weighted by atomic mass is 9.95. The lowest BCUT2D eigenvalue weighted by molar-refractivity contribution is 0.129. The molecule has 8 heteroatoms. The summed E-state index contributed by atoms with van der Waals surface area (Å²) in [6.45, 7) is 4.02. The molecule has 0 N–H and O–H groups in total. The van der Waals surface area contributed by atoms with Crippen LogP contribution in [0.5, 0.6) is 0 Å². The van der Waals surface area contributed by atoms with Gasteiger partial charge in [0.25, 0.3) is 0 Å². The molecule has 34 heavy (non-hydrogen) atoms. The predicted molar refractivity (Wildman–Crippen MR) is 129 cm³/mol. The standard InChI is InChI=1S/C26H30F2N4OS/c27-23-9-8-20(15-24(23)28)16-31-12-10-21(11-13-31)25-29-30-26(34-18-22-7-4-14-33-22)32(25)17-19-5-2-1-3-6-19/h1-3,5-6,8-9,15,21-22H,4,7,10-14,16-18H2. The largest absolute Gasteiger partial charge is 0.377 e. The molecule has 2 aromatic carbocycles. The molecule has 1 unspecified atom stereocenters. The first-order valence-electron chi connectivity index (χ1n) is 12.0. The van der Waals surface area contributed by atoms with Crippen molar-refractivity contribution in [1.82, 2.24) is 19.7 Å². The Morgan fingerprint density at radius 3 is 2.47 bits per heavy atom. The van der Waals surface area contributed by atoms with Gasteiger partial charge in [0.15, 0.2) is 16.8 Å². The van der Waals surface area contributed by atoms with E-state index in [1.54, 1.807) is 17.8 Å². The topological polar surface area (TPSA) is 43.2 Å². The molecule has 1 atom stereocenters. The zero-order valence-electron chi connectivity index (χ0n) is 19.2. The number of hydrogen-bond acceptors (Lipinski definition) is 5. The van der Waals surface area contributed by atoms with Crippen molar-refractivity contribution in [3.05, 3.63) is 77.1 Å². The van der Waals surface area contributed by atoms with Gasteiger partial charge in [0, 0.05) is 24.8 Å². The van der Waals surface area contributed by atoms with Gasteiger partial charge in [-0.3, -0.25) is 4.90 Å². The number of hydrogen-bond donors (Lipinski definition) is 0. The lowest BCUT2D eigenvalue weighted by Crippen LogP contribution is -2.33. The summed E-state index contributed by atoms with van der Waals surface area (Å²) in [6, 6.07) is 14.6. The molecule has 180 valence electrons. The molecular formula is C26H30F2N4OS. The van der Waals surface area contributed by atoms with Gasteiger partial charge < -0.3 is 9.30 Å². The first-order chi connectivity index (χ1) is 16.7. The molecule has 1 aromatic heterocycles. The zero-order valence-corrected chi connectivity index (χ0v) is 20.0. The van der Waals surface area contributed by atoms with Crippen LogP contribution in [-0.2, 0) is 17.8 Å². The molecule has 2 aliphatic rings. The second kappa shape index (κ2) is 11.0. The number of aromatic nitrogens is 3. The molecule has 2 fully saturated rings. The number of rotatable bonds is 8. The third-order valence-electron chi connectivity index (χ3n) is 6.69. The minimum Gasteiger partial charge on any atom is -0.377 e. The van der Waals surface area contributed by atoms with Gasteiger partial charge in [-0.15, -0.1) is 10.2 Å². The Bertz CT molecular complexity index is 1080. The van der Waals surface area contributed by atoms with Crippen molar-refractivity contribution in [1.29, 1.82) is 0 Å². The van der Waals surface area contributed by atoms with Gasteiger partial charge in [0.1, 0.15) is 5.82 Å². The minimum absolute atomic E-state index is 0.301. The van der Waals surface area contributed by atoms with E-state index in [0.717, 1.165) is 74.2 Å². The van der Waals surface area contributed by atoms with E-state index in [4.69, 9.17) is 4.74 Å². The number of likely N-dealkylation sites (tertiary alicyclic amines) is 1. The maximum Gasteiger partial charge on any atom is 0.191 e. The van der Waals surface area contributed by atoms with Crippen LogP contribution in [0.2, 0.25) is 0 Å². The summed E-state index contributed by atoms with van der Waals surface area (Å²) >= 11 is 1.74. The van der Waals surface area contributed by atoms with Crippen LogP contribution in [0.3, 0.4) is 0 Å². The molecule has 5 rings (SSSR count). The van der Waals surface area contributed by atoms with Crippen molar-refractivity contribution >= 4 is 11.8 Å². The molecule has 0 aliphatic carbocycles. The number of thioether (sulfide) groups is 1. The van der Waals surface area contributed by atoms with Gasteiger partial charge >= 0.3 is 0 Å². The molecule has 3 heterocycles. The van der Waals surface area contributed by atoms with E-state index in [0.29, 0.717) is 18.6 Å². The average Bonchev–Trinajstić information content (AvgIpc) is 3.52. The number of benzene rings is 2. The summed E-state index contributed by atoms with van der Waals surface area (Å²) in [5.41, 5.74) is 2.04. The fourth-order valence-corrected chi connectivity index (χ4v) is 5.82. The van der Waals surface area contributed by atoms with Gasteiger partial charge in [0.2, 0.25) is 0 Å². The Labute approximate surface area is 203 Å². The molecular weight excluding hydrogens is 454 g/mol. The molecule has 0 spiro atoms. The van der Waals surface area contributed by atoms with Crippen LogP contribution >= 0.6 is 11.8 Å². The first kappa shape index (κ1) is 23.5. The van der Waals surface area contributed by atoms with Gasteiger partial charge in [-0.05, 0) is 62.0 Å². The zero-order chi connectivity index (χ0) is 23.3. The highest BCUT2D eigenvalue weighted by Gasteiger charge is 2.27. The van der Waals surface area contributed by atoms with E-state index < -0.39 is 11.6 Å². The maximum absolute atomic E-state index is 13.6. The van der Waals surface area contributed by atoms with Crippen molar-refractivity contribution in [2.75, 3.05) is 25.4 Å². The van der Waals surface area contributed by atoms with Gasteiger partial charge in [-0.1, -0.05) is 48.2 Å². The number of halogens is 2. The van der Waals surface area contributed by atoms with Crippen molar-refractivity contribution in [3.8, 4) is 0 Å². The first-order valence-corrected chi connectivity index (χ1v) is 13.0. The lowest BCUT2D eigenvalue weighted by Gasteiger charge is -2.31. The monoisotopic (exact) mass is 484 g/mol. The number of piperidine rings is 1. The van der Waals surface area contributed by atoms with Crippen LogP contribution < -0.4 is 0 Å². The van der Waals surface area contributed by atoms with Crippen LogP contribution in [-0.4, -0.2) is 51.2 Å². The van der Waals surface area contributed by atoms with E-state index in [9.17, 15) is 8.78 Å². The molecule has 0 saturated carbocycles. The van der Waals surface area contributed by atoms with Crippen molar-refractivity contribution in [2.45, 2.75) is 56.0 Å². The Hall–Kier alpha value is -2.29. The normalized spacial score (nSPS) is 19.6. The Morgan fingerprint density at radius 2 is 1.74 bits per heavy atom. The Balaban J connectivity index is 1.27. The van der Waals surface area contributed by atoms with Crippen molar-refractivity contribution < 1.29 is 13.5 Å². The van der Waals surface area contributed by atoms with Gasteiger partial charge in [-0.25, -0.2) is 8.78 Å². The second-order valence-electron chi connectivity index (χ2n) is 9.16. The smallest absolute Gasteiger partial charge is 0.191 e. The quantitative estimate of drug-likeness (QED) is 0.408. The second-order valence-corrected chi connectivity index (χ2v) is 10.1. The van der Waals surface area contributed by atoms with Crippen LogP contribution in [0.25, 0.3) is 0 Å². The van der Waals surface area contributed by atoms with Crippen LogP contribution in [0.1, 0.15) is 48.6 Å². The van der Waals surface area contributed by atoms with E-state index in [2.05, 4.69) is 43.9 Å². The number of nitrogens with zero attached hydrogens (tertiary/aromatic N) is 4. The summed E-state index contributed by atoms with van der Waals surface area (Å²) in [6.07, 6.45) is 4.48. The molecule has 2 saturated heterocycles. The predicted octanol–water partition coefficient (Wildman–Crippen LogP) is 5.26. The molecule has 2 aliphatic heterocycles. The Kier molecular flexibility index (Phi) is 7.57. The molecule has 5 nitrogen and oxygen atoms in total. The van der Waals surface area contributed by atoms with Crippen LogP contribution in [0, 0.1) is 11.6 Å². The third kappa shape index (κ3) is 5.67. The van der Waals surface area contributed by atoms with Crippen LogP contribution in [0.4, 0.5) is 8.78 Å². The summed E-state index contributed by atoms with van der Waals surface area (Å²) in [5, 5.41) is 10.2. The fourth-order valence-electron chi connectivity index (χ4n) is 4.81. The summed E-state index contributed by atoms with van der Waals surface area (Å²) in [4.78, 5) is 2.30. The molecule has 0 amide bonds. The fraction of sp³-hybridized carbons (Fsp3) is 0.462. The van der Waals surface area contributed by atoms with E-state index >= 15 is 0 Å². The molecule has 3 aromatic rings. The summed E-state index contributed by atoms with van der Waals surface area (Å²) in [5.74, 6) is 0.697. The Morgan fingerprint density at radius 1 is 0.912 bits per heavy atom. The van der Waals surface area contributed by atoms with Crippen molar-refractivity contribution in [3.63, 3.8) is 0 Å². The highest BCUT2D eigenvalue weighted by Crippen LogP contribution is 2.31. The van der Waals surface area contributed by atoms with Crippen molar-refractivity contribution in [2.24, 2.45) is 0 Å². The van der Waals surface area contributed by atoms with E-state index in [1.165, 1.54) is 17.7 Å². The van der Waals surface area contributed by atoms with Crippen LogP contribution in [0.15, 0.2) is 53.7 Å². The maximum atomic E-state index is 13.6. The third-order valence-corrected chi connectivity index (χ3v) is 7.79. The molecule has 0 radical (unpaired) electrons. The summed E-state index contributed by atoms with van der Waals surface area (Å²) in [7, 11) is 0.